The summed E-state index contributed by atoms with van der Waals surface area (Å²) in [6, 6.07) is 7.15. The number of rotatable bonds is 4. The highest BCUT2D eigenvalue weighted by atomic mass is 32.2. The number of anilines is 1. The molecule has 0 radical (unpaired) electrons. The average molecular weight is 394 g/mol. The van der Waals surface area contributed by atoms with Crippen molar-refractivity contribution in [2.45, 2.75) is 31.1 Å². The van der Waals surface area contributed by atoms with Crippen LogP contribution < -0.4 is 5.32 Å². The lowest BCUT2D eigenvalue weighted by atomic mass is 10.1. The fourth-order valence-electron chi connectivity index (χ4n) is 3.01. The van der Waals surface area contributed by atoms with Gasteiger partial charge < -0.3 is 5.32 Å². The molecule has 1 amide bonds. The number of hydrogen-bond donors (Lipinski definition) is 1. The van der Waals surface area contributed by atoms with E-state index in [0.29, 0.717) is 24.3 Å². The average Bonchev–Trinajstić information content (AvgIpc) is 2.65. The lowest BCUT2D eigenvalue weighted by molar-refractivity contribution is 0.102. The van der Waals surface area contributed by atoms with Gasteiger partial charge in [0.15, 0.2) is 0 Å². The molecule has 0 bridgehead atoms. The van der Waals surface area contributed by atoms with Crippen molar-refractivity contribution >= 4 is 21.6 Å². The van der Waals surface area contributed by atoms with E-state index >= 15 is 0 Å². The van der Waals surface area contributed by atoms with Gasteiger partial charge in [-0.25, -0.2) is 17.2 Å². The van der Waals surface area contributed by atoms with Gasteiger partial charge in [-0.05, 0) is 61.7 Å². The largest absolute Gasteiger partial charge is 0.322 e. The number of aryl methyl sites for hydroxylation is 1. The normalized spacial score (nSPS) is 15.5. The van der Waals surface area contributed by atoms with Crippen LogP contribution in [0.2, 0.25) is 0 Å². The molecular weight excluding hydrogens is 374 g/mol. The van der Waals surface area contributed by atoms with Crippen molar-refractivity contribution in [2.75, 3.05) is 18.4 Å². The molecule has 0 saturated carbocycles. The summed E-state index contributed by atoms with van der Waals surface area (Å²) in [4.78, 5) is 12.3. The molecule has 0 atom stereocenters. The van der Waals surface area contributed by atoms with E-state index < -0.39 is 27.6 Å². The summed E-state index contributed by atoms with van der Waals surface area (Å²) in [6.45, 7) is 2.36. The summed E-state index contributed by atoms with van der Waals surface area (Å²) in [7, 11) is -3.78. The van der Waals surface area contributed by atoms with Gasteiger partial charge in [-0.3, -0.25) is 4.79 Å². The highest BCUT2D eigenvalue weighted by Crippen LogP contribution is 2.23. The third-order valence-corrected chi connectivity index (χ3v) is 6.45. The van der Waals surface area contributed by atoms with Crippen molar-refractivity contribution in [1.82, 2.24) is 4.31 Å². The molecule has 5 nitrogen and oxygen atoms in total. The van der Waals surface area contributed by atoms with Crippen LogP contribution in [-0.2, 0) is 10.0 Å². The highest BCUT2D eigenvalue weighted by molar-refractivity contribution is 7.89. The van der Waals surface area contributed by atoms with Gasteiger partial charge in [0.05, 0.1) is 10.5 Å². The maximum absolute atomic E-state index is 14.2. The first-order valence-electron chi connectivity index (χ1n) is 8.66. The van der Waals surface area contributed by atoms with Gasteiger partial charge in [0.25, 0.3) is 5.91 Å². The van der Waals surface area contributed by atoms with E-state index in [1.807, 2.05) is 0 Å². The van der Waals surface area contributed by atoms with Gasteiger partial charge >= 0.3 is 0 Å². The van der Waals surface area contributed by atoms with E-state index in [0.717, 1.165) is 37.5 Å². The van der Waals surface area contributed by atoms with Crippen LogP contribution in [0, 0.1) is 18.6 Å². The first-order valence-corrected chi connectivity index (χ1v) is 10.1. The third-order valence-electron chi connectivity index (χ3n) is 4.55. The van der Waals surface area contributed by atoms with Gasteiger partial charge in [0.2, 0.25) is 10.0 Å². The predicted octanol–water partition coefficient (Wildman–Crippen LogP) is 3.70. The Hall–Kier alpha value is -2.32. The summed E-state index contributed by atoms with van der Waals surface area (Å²) >= 11 is 0. The van der Waals surface area contributed by atoms with Gasteiger partial charge in [-0.2, -0.15) is 4.31 Å². The zero-order chi connectivity index (χ0) is 19.6. The highest BCUT2D eigenvalue weighted by Gasteiger charge is 2.27. The molecule has 0 spiro atoms. The number of halogens is 2. The Balaban J connectivity index is 1.88. The first kappa shape index (κ1) is 19.4. The Morgan fingerprint density at radius 1 is 1.00 bits per heavy atom. The Kier molecular flexibility index (Phi) is 5.57. The second-order valence-corrected chi connectivity index (χ2v) is 8.46. The smallest absolute Gasteiger partial charge is 0.258 e. The number of nitrogens with one attached hydrogen (secondary N) is 1. The summed E-state index contributed by atoms with van der Waals surface area (Å²) in [5.41, 5.74) is 0.243. The molecule has 1 fully saturated rings. The molecule has 0 unspecified atom stereocenters. The summed E-state index contributed by atoms with van der Waals surface area (Å²) in [6.07, 6.45) is 2.52. The van der Waals surface area contributed by atoms with Crippen molar-refractivity contribution in [3.8, 4) is 0 Å². The third kappa shape index (κ3) is 4.17. The minimum Gasteiger partial charge on any atom is -0.322 e. The van der Waals surface area contributed by atoms with E-state index in [1.54, 1.807) is 0 Å². The number of carbonyl (C=O) groups excluding carboxylic acids is 1. The van der Waals surface area contributed by atoms with Gasteiger partial charge in [-0.15, -0.1) is 0 Å². The summed E-state index contributed by atoms with van der Waals surface area (Å²) in [5.74, 6) is -2.05. The molecule has 1 saturated heterocycles. The molecule has 144 valence electrons. The van der Waals surface area contributed by atoms with Crippen LogP contribution in [0.25, 0.3) is 0 Å². The maximum atomic E-state index is 14.2. The fourth-order valence-corrected chi connectivity index (χ4v) is 4.56. The molecule has 1 aliphatic heterocycles. The van der Waals surface area contributed by atoms with Crippen molar-refractivity contribution in [2.24, 2.45) is 0 Å². The monoisotopic (exact) mass is 394 g/mol. The fraction of sp³-hybridized carbons (Fsp3) is 0.316. The Labute approximate surface area is 157 Å². The quantitative estimate of drug-likeness (QED) is 0.860. The van der Waals surface area contributed by atoms with Crippen molar-refractivity contribution in [1.29, 1.82) is 0 Å². The molecule has 0 aromatic heterocycles. The van der Waals surface area contributed by atoms with E-state index in [2.05, 4.69) is 5.32 Å². The lowest BCUT2D eigenvalue weighted by Gasteiger charge is -2.26. The van der Waals surface area contributed by atoms with E-state index in [4.69, 9.17) is 0 Å². The predicted molar refractivity (Wildman–Crippen MR) is 98.1 cm³/mol. The van der Waals surface area contributed by atoms with Crippen molar-refractivity contribution in [3.05, 3.63) is 59.2 Å². The van der Waals surface area contributed by atoms with Crippen LogP contribution in [0.1, 0.15) is 35.2 Å². The van der Waals surface area contributed by atoms with Gasteiger partial charge in [0.1, 0.15) is 11.6 Å². The minimum atomic E-state index is -3.78. The number of piperidine rings is 1. The first-order chi connectivity index (χ1) is 12.8. The molecule has 2 aromatic rings. The van der Waals surface area contributed by atoms with E-state index in [1.165, 1.54) is 29.4 Å². The van der Waals surface area contributed by atoms with Crippen LogP contribution >= 0.6 is 0 Å². The van der Waals surface area contributed by atoms with Crippen LogP contribution in [0.5, 0.6) is 0 Å². The SMILES string of the molecule is Cc1cc(NC(=O)c2cc(S(=O)(=O)N3CCCCC3)ccc2F)ccc1F. The molecule has 1 N–H and O–H groups in total. The van der Waals surface area contributed by atoms with E-state index in [-0.39, 0.29) is 10.5 Å². The molecule has 0 aliphatic carbocycles. The standard InChI is InChI=1S/C19H20F2N2O3S/c1-13-11-14(5-7-17(13)20)22-19(24)16-12-15(6-8-18(16)21)27(25,26)23-9-3-2-4-10-23/h5-8,11-12H,2-4,9-10H2,1H3,(H,22,24). The van der Waals surface area contributed by atoms with Crippen LogP contribution in [-0.4, -0.2) is 31.7 Å². The zero-order valence-corrected chi connectivity index (χ0v) is 15.7. The van der Waals surface area contributed by atoms with Crippen LogP contribution in [0.3, 0.4) is 0 Å². The Bertz CT molecular complexity index is 971. The number of hydrogen-bond acceptors (Lipinski definition) is 3. The van der Waals surface area contributed by atoms with Crippen LogP contribution in [0.15, 0.2) is 41.3 Å². The van der Waals surface area contributed by atoms with Crippen molar-refractivity contribution < 1.29 is 22.0 Å². The van der Waals surface area contributed by atoms with Crippen molar-refractivity contribution in [3.63, 3.8) is 0 Å². The van der Waals surface area contributed by atoms with Gasteiger partial charge in [0, 0.05) is 18.8 Å². The number of amides is 1. The zero-order valence-electron chi connectivity index (χ0n) is 14.8. The second-order valence-electron chi connectivity index (χ2n) is 6.52. The maximum Gasteiger partial charge on any atom is 0.258 e. The topological polar surface area (TPSA) is 66.5 Å². The van der Waals surface area contributed by atoms with E-state index in [9.17, 15) is 22.0 Å². The summed E-state index contributed by atoms with van der Waals surface area (Å²) < 4.78 is 54.4. The molecule has 2 aromatic carbocycles. The molecule has 1 aliphatic rings. The molecule has 1 heterocycles. The number of carbonyl (C=O) groups is 1. The number of benzene rings is 2. The molecular formula is C19H20F2N2O3S. The Morgan fingerprint density at radius 3 is 2.33 bits per heavy atom. The van der Waals surface area contributed by atoms with Gasteiger partial charge in [-0.1, -0.05) is 6.42 Å². The second kappa shape index (κ2) is 7.74. The number of nitrogens with zero attached hydrogens (tertiary/aromatic N) is 1. The Morgan fingerprint density at radius 2 is 1.67 bits per heavy atom. The molecule has 3 rings (SSSR count). The lowest BCUT2D eigenvalue weighted by Crippen LogP contribution is -2.35. The molecule has 27 heavy (non-hydrogen) atoms. The molecule has 8 heteroatoms. The van der Waals surface area contributed by atoms with Crippen LogP contribution in [0.4, 0.5) is 14.5 Å². The minimum absolute atomic E-state index is 0.119. The summed E-state index contributed by atoms with van der Waals surface area (Å²) in [5, 5.41) is 2.47. The number of sulfonamides is 1.